The van der Waals surface area contributed by atoms with E-state index in [2.05, 4.69) is 5.32 Å². The average Bonchev–Trinajstić information content (AvgIpc) is 2.33. The molecule has 2 N–H and O–H groups in total. The largest absolute Gasteiger partial charge is 0.478 e. The molecule has 5 nitrogen and oxygen atoms in total. The molecule has 1 saturated heterocycles. The standard InChI is InChI=1S/C13H17NO4/c1-13(2)17-7-11(8-18-13)14-10-5-3-9(4-6-10)12(15)16/h3-6,11,14H,7-8H2,1-2H3,(H,15,16). The summed E-state index contributed by atoms with van der Waals surface area (Å²) in [5.41, 5.74) is 1.13. The van der Waals surface area contributed by atoms with E-state index in [4.69, 9.17) is 14.6 Å². The summed E-state index contributed by atoms with van der Waals surface area (Å²) >= 11 is 0. The number of carbonyl (C=O) groups is 1. The monoisotopic (exact) mass is 251 g/mol. The van der Waals surface area contributed by atoms with Gasteiger partial charge in [-0.15, -0.1) is 0 Å². The normalized spacial score (nSPS) is 19.4. The van der Waals surface area contributed by atoms with Crippen molar-refractivity contribution in [1.82, 2.24) is 0 Å². The molecular formula is C13H17NO4. The quantitative estimate of drug-likeness (QED) is 0.859. The van der Waals surface area contributed by atoms with Crippen LogP contribution >= 0.6 is 0 Å². The van der Waals surface area contributed by atoms with Gasteiger partial charge < -0.3 is 19.9 Å². The second-order valence-corrected chi connectivity index (χ2v) is 4.75. The third-order valence-electron chi connectivity index (χ3n) is 2.77. The first kappa shape index (κ1) is 12.9. The predicted molar refractivity (Wildman–Crippen MR) is 66.8 cm³/mol. The molecule has 1 heterocycles. The van der Waals surface area contributed by atoms with Crippen molar-refractivity contribution in [2.75, 3.05) is 18.5 Å². The van der Waals surface area contributed by atoms with E-state index in [9.17, 15) is 4.79 Å². The molecule has 0 saturated carbocycles. The predicted octanol–water partition coefficient (Wildman–Crippen LogP) is 1.95. The van der Waals surface area contributed by atoms with Crippen molar-refractivity contribution in [3.63, 3.8) is 0 Å². The van der Waals surface area contributed by atoms with Crippen LogP contribution in [0.1, 0.15) is 24.2 Å². The highest BCUT2D eigenvalue weighted by atomic mass is 16.7. The summed E-state index contributed by atoms with van der Waals surface area (Å²) in [5.74, 6) is -1.45. The fourth-order valence-electron chi connectivity index (χ4n) is 1.72. The first-order valence-corrected chi connectivity index (χ1v) is 5.84. The molecule has 1 aromatic rings. The Morgan fingerprint density at radius 1 is 1.28 bits per heavy atom. The minimum atomic E-state index is -0.923. The molecule has 1 aliphatic rings. The molecule has 98 valence electrons. The maximum Gasteiger partial charge on any atom is 0.335 e. The number of rotatable bonds is 3. The van der Waals surface area contributed by atoms with Crippen LogP contribution in [0.4, 0.5) is 5.69 Å². The molecule has 1 fully saturated rings. The van der Waals surface area contributed by atoms with Gasteiger partial charge in [-0.1, -0.05) is 0 Å². The van der Waals surface area contributed by atoms with Crippen molar-refractivity contribution in [2.45, 2.75) is 25.7 Å². The molecule has 2 rings (SSSR count). The van der Waals surface area contributed by atoms with Gasteiger partial charge in [0.15, 0.2) is 5.79 Å². The first-order chi connectivity index (χ1) is 8.46. The number of benzene rings is 1. The van der Waals surface area contributed by atoms with Crippen LogP contribution in [0.25, 0.3) is 0 Å². The lowest BCUT2D eigenvalue weighted by atomic mass is 10.2. The van der Waals surface area contributed by atoms with Crippen molar-refractivity contribution in [2.24, 2.45) is 0 Å². The molecular weight excluding hydrogens is 234 g/mol. The van der Waals surface area contributed by atoms with Crippen LogP contribution in [0.3, 0.4) is 0 Å². The Morgan fingerprint density at radius 3 is 2.33 bits per heavy atom. The van der Waals surface area contributed by atoms with Gasteiger partial charge >= 0.3 is 5.97 Å². The van der Waals surface area contributed by atoms with E-state index in [1.54, 1.807) is 24.3 Å². The lowest BCUT2D eigenvalue weighted by Gasteiger charge is -2.35. The third kappa shape index (κ3) is 3.21. The molecule has 0 aromatic heterocycles. The van der Waals surface area contributed by atoms with Crippen molar-refractivity contribution in [3.8, 4) is 0 Å². The third-order valence-corrected chi connectivity index (χ3v) is 2.77. The van der Waals surface area contributed by atoms with Gasteiger partial charge in [0.2, 0.25) is 0 Å². The topological polar surface area (TPSA) is 67.8 Å². The molecule has 0 aliphatic carbocycles. The van der Waals surface area contributed by atoms with Crippen LogP contribution in [-0.4, -0.2) is 36.1 Å². The number of hydrogen-bond acceptors (Lipinski definition) is 4. The molecule has 1 aliphatic heterocycles. The summed E-state index contributed by atoms with van der Waals surface area (Å²) in [7, 11) is 0. The number of aromatic carboxylic acids is 1. The van der Waals surface area contributed by atoms with Crippen LogP contribution in [0.15, 0.2) is 24.3 Å². The maximum atomic E-state index is 10.7. The van der Waals surface area contributed by atoms with Crippen molar-refractivity contribution in [3.05, 3.63) is 29.8 Å². The van der Waals surface area contributed by atoms with E-state index < -0.39 is 11.8 Å². The van der Waals surface area contributed by atoms with E-state index in [0.717, 1.165) is 5.69 Å². The van der Waals surface area contributed by atoms with Crippen LogP contribution in [0.5, 0.6) is 0 Å². The lowest BCUT2D eigenvalue weighted by Crippen LogP contribution is -2.45. The highest BCUT2D eigenvalue weighted by Gasteiger charge is 2.28. The zero-order valence-corrected chi connectivity index (χ0v) is 10.5. The van der Waals surface area contributed by atoms with Gasteiger partial charge in [0.25, 0.3) is 0 Å². The van der Waals surface area contributed by atoms with Crippen molar-refractivity contribution < 1.29 is 19.4 Å². The number of carboxylic acids is 1. The summed E-state index contributed by atoms with van der Waals surface area (Å²) in [4.78, 5) is 10.7. The molecule has 0 amide bonds. The first-order valence-electron chi connectivity index (χ1n) is 5.84. The Morgan fingerprint density at radius 2 is 1.83 bits per heavy atom. The Bertz CT molecular complexity index is 417. The smallest absolute Gasteiger partial charge is 0.335 e. The molecule has 0 atom stereocenters. The minimum Gasteiger partial charge on any atom is -0.478 e. The molecule has 5 heteroatoms. The zero-order valence-electron chi connectivity index (χ0n) is 10.5. The summed E-state index contributed by atoms with van der Waals surface area (Å²) in [6, 6.07) is 6.69. The molecule has 0 radical (unpaired) electrons. The van der Waals surface area contributed by atoms with Gasteiger partial charge in [0.1, 0.15) is 0 Å². The summed E-state index contributed by atoms with van der Waals surface area (Å²) in [6.45, 7) is 4.89. The van der Waals surface area contributed by atoms with Gasteiger partial charge in [-0.25, -0.2) is 4.79 Å². The SMILES string of the molecule is CC1(C)OCC(Nc2ccc(C(=O)O)cc2)CO1. The highest BCUT2D eigenvalue weighted by Crippen LogP contribution is 2.19. The highest BCUT2D eigenvalue weighted by molar-refractivity contribution is 5.87. The Kier molecular flexibility index (Phi) is 3.54. The van der Waals surface area contributed by atoms with E-state index in [-0.39, 0.29) is 11.6 Å². The van der Waals surface area contributed by atoms with E-state index >= 15 is 0 Å². The van der Waals surface area contributed by atoms with Crippen LogP contribution in [-0.2, 0) is 9.47 Å². The summed E-state index contributed by atoms with van der Waals surface area (Å²) in [6.07, 6.45) is 0. The number of ether oxygens (including phenoxy) is 2. The second kappa shape index (κ2) is 4.96. The van der Waals surface area contributed by atoms with Gasteiger partial charge in [0, 0.05) is 5.69 Å². The van der Waals surface area contributed by atoms with Gasteiger partial charge in [0.05, 0.1) is 24.8 Å². The molecule has 0 unspecified atom stereocenters. The van der Waals surface area contributed by atoms with Gasteiger partial charge in [-0.3, -0.25) is 0 Å². The minimum absolute atomic E-state index is 0.0775. The van der Waals surface area contributed by atoms with Gasteiger partial charge in [-0.2, -0.15) is 0 Å². The number of hydrogen-bond donors (Lipinski definition) is 2. The van der Waals surface area contributed by atoms with E-state index in [0.29, 0.717) is 13.2 Å². The van der Waals surface area contributed by atoms with Crippen LogP contribution in [0.2, 0.25) is 0 Å². The maximum absolute atomic E-state index is 10.7. The average molecular weight is 251 g/mol. The molecule has 0 bridgehead atoms. The van der Waals surface area contributed by atoms with Crippen LogP contribution in [0, 0.1) is 0 Å². The fraction of sp³-hybridized carbons (Fsp3) is 0.462. The lowest BCUT2D eigenvalue weighted by molar-refractivity contribution is -0.247. The molecule has 1 aromatic carbocycles. The Balaban J connectivity index is 1.92. The molecule has 18 heavy (non-hydrogen) atoms. The molecule has 0 spiro atoms. The zero-order chi connectivity index (χ0) is 13.2. The van der Waals surface area contributed by atoms with E-state index in [1.807, 2.05) is 13.8 Å². The fourth-order valence-corrected chi connectivity index (χ4v) is 1.72. The van der Waals surface area contributed by atoms with Crippen LogP contribution < -0.4 is 5.32 Å². The van der Waals surface area contributed by atoms with Gasteiger partial charge in [-0.05, 0) is 38.1 Å². The Labute approximate surface area is 106 Å². The Hall–Kier alpha value is -1.59. The number of nitrogens with one attached hydrogen (secondary N) is 1. The summed E-state index contributed by atoms with van der Waals surface area (Å²) in [5, 5.41) is 12.0. The van der Waals surface area contributed by atoms with Crippen molar-refractivity contribution >= 4 is 11.7 Å². The van der Waals surface area contributed by atoms with E-state index in [1.165, 1.54) is 0 Å². The van der Waals surface area contributed by atoms with Crippen molar-refractivity contribution in [1.29, 1.82) is 0 Å². The number of anilines is 1. The number of carboxylic acid groups (broad SMARTS) is 1. The summed E-state index contributed by atoms with van der Waals surface area (Å²) < 4.78 is 11.1. The second-order valence-electron chi connectivity index (χ2n) is 4.75.